The van der Waals surface area contributed by atoms with Gasteiger partial charge in [0.2, 0.25) is 0 Å². The Morgan fingerprint density at radius 3 is 1.92 bits per heavy atom. The van der Waals surface area contributed by atoms with E-state index >= 15 is 0 Å². The lowest BCUT2D eigenvalue weighted by Crippen LogP contribution is -2.43. The molecule has 0 unspecified atom stereocenters. The Bertz CT molecular complexity index is 638. The molecule has 1 aliphatic carbocycles. The molecule has 0 heterocycles. The fourth-order valence-electron chi connectivity index (χ4n) is 4.02. The molecule has 2 atom stereocenters. The molecule has 0 spiro atoms. The number of carbonyl (C=O) groups is 1. The smallest absolute Gasteiger partial charge is 0.136 e. The van der Waals surface area contributed by atoms with Crippen LogP contribution in [0, 0.1) is 11.8 Å². The molecule has 2 aromatic carbocycles. The molecule has 2 aromatic rings. The SMILES string of the molecule is C[C@H]1CCC(=O)[C@H](C(C)(C)P(c2ccccc2)c2ccccc2)C1. The van der Waals surface area contributed by atoms with Crippen molar-refractivity contribution in [1.82, 2.24) is 0 Å². The molecule has 0 N–H and O–H groups in total. The Morgan fingerprint density at radius 2 is 1.42 bits per heavy atom. The van der Waals surface area contributed by atoms with E-state index < -0.39 is 7.92 Å². The maximum Gasteiger partial charge on any atom is 0.136 e. The number of benzene rings is 2. The average Bonchev–Trinajstić information content (AvgIpc) is 2.59. The third-order valence-corrected chi connectivity index (χ3v) is 8.46. The monoisotopic (exact) mass is 338 g/mol. The van der Waals surface area contributed by atoms with Gasteiger partial charge in [0.05, 0.1) is 0 Å². The first-order chi connectivity index (χ1) is 11.5. The van der Waals surface area contributed by atoms with Crippen LogP contribution in [0.15, 0.2) is 60.7 Å². The molecule has 24 heavy (non-hydrogen) atoms. The number of hydrogen-bond donors (Lipinski definition) is 0. The fraction of sp³-hybridized carbons (Fsp3) is 0.409. The second kappa shape index (κ2) is 7.19. The Kier molecular flexibility index (Phi) is 5.21. The molecular weight excluding hydrogens is 311 g/mol. The highest BCUT2D eigenvalue weighted by Crippen LogP contribution is 2.54. The molecular formula is C22H27OP. The molecule has 1 aliphatic rings. The van der Waals surface area contributed by atoms with E-state index in [9.17, 15) is 4.79 Å². The number of hydrogen-bond acceptors (Lipinski definition) is 1. The summed E-state index contributed by atoms with van der Waals surface area (Å²) in [6.45, 7) is 6.93. The minimum Gasteiger partial charge on any atom is -0.299 e. The molecule has 0 amide bonds. The summed E-state index contributed by atoms with van der Waals surface area (Å²) in [6, 6.07) is 21.6. The zero-order chi connectivity index (χ0) is 17.2. The van der Waals surface area contributed by atoms with Crippen LogP contribution in [0.5, 0.6) is 0 Å². The first-order valence-electron chi connectivity index (χ1n) is 8.93. The highest BCUT2D eigenvalue weighted by atomic mass is 31.1. The number of rotatable bonds is 4. The van der Waals surface area contributed by atoms with Crippen molar-refractivity contribution < 1.29 is 4.79 Å². The molecule has 0 bridgehead atoms. The molecule has 0 aromatic heterocycles. The van der Waals surface area contributed by atoms with Crippen LogP contribution in [0.3, 0.4) is 0 Å². The van der Waals surface area contributed by atoms with Crippen LogP contribution >= 0.6 is 7.92 Å². The van der Waals surface area contributed by atoms with E-state index in [-0.39, 0.29) is 11.1 Å². The standard InChI is InChI=1S/C22H27OP/c1-17-14-15-21(23)20(16-17)22(2,3)24(18-10-6-4-7-11-18)19-12-8-5-9-13-19/h4-13,17,20H,14-16H2,1-3H3/t17-,20+/m0/s1. The molecule has 0 radical (unpaired) electrons. The minimum absolute atomic E-state index is 0.0379. The number of ketones is 1. The summed E-state index contributed by atoms with van der Waals surface area (Å²) in [4.78, 5) is 12.8. The van der Waals surface area contributed by atoms with Crippen molar-refractivity contribution >= 4 is 24.3 Å². The zero-order valence-electron chi connectivity index (χ0n) is 14.9. The lowest BCUT2D eigenvalue weighted by molar-refractivity contribution is -0.126. The van der Waals surface area contributed by atoms with E-state index in [0.29, 0.717) is 11.7 Å². The number of Topliss-reactive ketones (excluding diaryl/α,β-unsaturated/α-hetero) is 1. The van der Waals surface area contributed by atoms with Gasteiger partial charge in [-0.1, -0.05) is 81.4 Å². The van der Waals surface area contributed by atoms with Crippen molar-refractivity contribution in [3.8, 4) is 0 Å². The molecule has 1 saturated carbocycles. The topological polar surface area (TPSA) is 17.1 Å². The van der Waals surface area contributed by atoms with E-state index in [1.54, 1.807) is 0 Å². The van der Waals surface area contributed by atoms with Crippen LogP contribution in [-0.2, 0) is 4.79 Å². The molecule has 3 rings (SSSR count). The molecule has 126 valence electrons. The summed E-state index contributed by atoms with van der Waals surface area (Å²) in [5.74, 6) is 1.28. The Hall–Kier alpha value is -1.46. The van der Waals surface area contributed by atoms with Gasteiger partial charge in [0.15, 0.2) is 0 Å². The first kappa shape index (κ1) is 17.4. The van der Waals surface area contributed by atoms with Crippen LogP contribution in [0.4, 0.5) is 0 Å². The quantitative estimate of drug-likeness (QED) is 0.725. The van der Waals surface area contributed by atoms with Gasteiger partial charge in [-0.15, -0.1) is 0 Å². The third kappa shape index (κ3) is 3.47. The van der Waals surface area contributed by atoms with Gasteiger partial charge in [-0.05, 0) is 37.3 Å². The average molecular weight is 338 g/mol. The van der Waals surface area contributed by atoms with Crippen LogP contribution in [-0.4, -0.2) is 10.9 Å². The maximum atomic E-state index is 12.8. The van der Waals surface area contributed by atoms with E-state index in [1.165, 1.54) is 10.6 Å². The lowest BCUT2D eigenvalue weighted by Gasteiger charge is -2.44. The normalized spacial score (nSPS) is 21.9. The van der Waals surface area contributed by atoms with E-state index in [0.717, 1.165) is 19.3 Å². The minimum atomic E-state index is -0.584. The van der Waals surface area contributed by atoms with E-state index in [1.807, 2.05) is 0 Å². The summed E-state index contributed by atoms with van der Waals surface area (Å²) in [6.07, 6.45) is 2.84. The zero-order valence-corrected chi connectivity index (χ0v) is 15.8. The van der Waals surface area contributed by atoms with Crippen molar-refractivity contribution in [2.75, 3.05) is 0 Å². The third-order valence-electron chi connectivity index (χ3n) is 5.37. The van der Waals surface area contributed by atoms with Gasteiger partial charge in [0.25, 0.3) is 0 Å². The predicted molar refractivity (Wildman–Crippen MR) is 105 cm³/mol. The van der Waals surface area contributed by atoms with Gasteiger partial charge in [-0.3, -0.25) is 4.79 Å². The van der Waals surface area contributed by atoms with Gasteiger partial charge >= 0.3 is 0 Å². The second-order valence-corrected chi connectivity index (χ2v) is 10.4. The fourth-order valence-corrected chi connectivity index (χ4v) is 7.15. The summed E-state index contributed by atoms with van der Waals surface area (Å²) in [5, 5.41) is 2.70. The van der Waals surface area contributed by atoms with Crippen molar-refractivity contribution in [2.24, 2.45) is 11.8 Å². The maximum absolute atomic E-state index is 12.8. The Labute approximate surface area is 147 Å². The Balaban J connectivity index is 2.05. The van der Waals surface area contributed by atoms with Crippen LogP contribution < -0.4 is 10.6 Å². The summed E-state index contributed by atoms with van der Waals surface area (Å²) in [5.41, 5.74) is 0. The van der Waals surface area contributed by atoms with Crippen LogP contribution in [0.1, 0.15) is 40.0 Å². The number of carbonyl (C=O) groups excluding carboxylic acids is 1. The molecule has 1 nitrogen and oxygen atoms in total. The first-order valence-corrected chi connectivity index (χ1v) is 10.3. The van der Waals surface area contributed by atoms with Crippen LogP contribution in [0.25, 0.3) is 0 Å². The van der Waals surface area contributed by atoms with Crippen molar-refractivity contribution in [1.29, 1.82) is 0 Å². The summed E-state index contributed by atoms with van der Waals surface area (Å²) in [7, 11) is -0.584. The molecule has 1 fully saturated rings. The largest absolute Gasteiger partial charge is 0.299 e. The van der Waals surface area contributed by atoms with Crippen molar-refractivity contribution in [3.05, 3.63) is 60.7 Å². The van der Waals surface area contributed by atoms with Gasteiger partial charge in [0.1, 0.15) is 5.78 Å². The van der Waals surface area contributed by atoms with E-state index in [2.05, 4.69) is 81.4 Å². The molecule has 0 saturated heterocycles. The predicted octanol–water partition coefficient (Wildman–Crippen LogP) is 4.90. The molecule has 0 aliphatic heterocycles. The summed E-state index contributed by atoms with van der Waals surface area (Å²) < 4.78 is 0. The van der Waals surface area contributed by atoms with Gasteiger partial charge in [0, 0.05) is 17.5 Å². The second-order valence-electron chi connectivity index (χ2n) is 7.56. The molecule has 2 heteroatoms. The van der Waals surface area contributed by atoms with E-state index in [4.69, 9.17) is 0 Å². The Morgan fingerprint density at radius 1 is 0.917 bits per heavy atom. The van der Waals surface area contributed by atoms with Crippen LogP contribution in [0.2, 0.25) is 0 Å². The van der Waals surface area contributed by atoms with Gasteiger partial charge in [-0.25, -0.2) is 0 Å². The highest BCUT2D eigenvalue weighted by molar-refractivity contribution is 7.74. The van der Waals surface area contributed by atoms with Crippen molar-refractivity contribution in [2.45, 2.75) is 45.2 Å². The van der Waals surface area contributed by atoms with Crippen molar-refractivity contribution in [3.63, 3.8) is 0 Å². The lowest BCUT2D eigenvalue weighted by atomic mass is 9.75. The van der Waals surface area contributed by atoms with Gasteiger partial charge < -0.3 is 0 Å². The highest BCUT2D eigenvalue weighted by Gasteiger charge is 2.44. The summed E-state index contributed by atoms with van der Waals surface area (Å²) >= 11 is 0. The van der Waals surface area contributed by atoms with Gasteiger partial charge in [-0.2, -0.15) is 0 Å².